The largest absolute Gasteiger partial charge is 0.444 e. The molecule has 7 nitrogen and oxygen atoms in total. The van der Waals surface area contributed by atoms with Crippen LogP contribution in [0.2, 0.25) is 0 Å². The van der Waals surface area contributed by atoms with E-state index in [9.17, 15) is 14.4 Å². The summed E-state index contributed by atoms with van der Waals surface area (Å²) >= 11 is 0. The fraction of sp³-hybridized carbons (Fsp3) is 0.812. The fourth-order valence-electron chi connectivity index (χ4n) is 2.67. The molecule has 1 fully saturated rings. The number of amides is 3. The highest BCUT2D eigenvalue weighted by Gasteiger charge is 2.37. The molecule has 2 N–H and O–H groups in total. The average molecular weight is 327 g/mol. The molecule has 0 unspecified atom stereocenters. The molecular formula is C16H29N3O4. The number of piperidine rings is 1. The number of carbonyl (C=O) groups excluding carboxylic acids is 3. The van der Waals surface area contributed by atoms with Gasteiger partial charge in [0.25, 0.3) is 0 Å². The van der Waals surface area contributed by atoms with E-state index in [-0.39, 0.29) is 23.8 Å². The van der Waals surface area contributed by atoms with Crippen molar-refractivity contribution in [3.05, 3.63) is 0 Å². The predicted molar refractivity (Wildman–Crippen MR) is 86.8 cm³/mol. The second-order valence-corrected chi connectivity index (χ2v) is 7.01. The van der Waals surface area contributed by atoms with Crippen LogP contribution in [0.1, 0.15) is 47.5 Å². The van der Waals surface area contributed by atoms with Crippen LogP contribution in [0.5, 0.6) is 0 Å². The van der Waals surface area contributed by atoms with Gasteiger partial charge >= 0.3 is 6.09 Å². The summed E-state index contributed by atoms with van der Waals surface area (Å²) < 4.78 is 5.40. The lowest BCUT2D eigenvalue weighted by molar-refractivity contribution is -0.132. The van der Waals surface area contributed by atoms with Crippen molar-refractivity contribution >= 4 is 17.9 Å². The van der Waals surface area contributed by atoms with E-state index >= 15 is 0 Å². The van der Waals surface area contributed by atoms with E-state index in [1.807, 2.05) is 27.7 Å². The van der Waals surface area contributed by atoms with Gasteiger partial charge in [-0.15, -0.1) is 0 Å². The molecule has 132 valence electrons. The van der Waals surface area contributed by atoms with Crippen molar-refractivity contribution < 1.29 is 19.1 Å². The van der Waals surface area contributed by atoms with Gasteiger partial charge < -0.3 is 20.3 Å². The van der Waals surface area contributed by atoms with E-state index in [2.05, 4.69) is 10.6 Å². The van der Waals surface area contributed by atoms with E-state index in [0.29, 0.717) is 13.0 Å². The van der Waals surface area contributed by atoms with Gasteiger partial charge in [0.05, 0.1) is 5.92 Å². The molecule has 0 aliphatic carbocycles. The lowest BCUT2D eigenvalue weighted by Crippen LogP contribution is -2.54. The van der Waals surface area contributed by atoms with E-state index in [1.165, 1.54) is 7.05 Å². The third-order valence-corrected chi connectivity index (χ3v) is 3.95. The summed E-state index contributed by atoms with van der Waals surface area (Å²) in [4.78, 5) is 37.8. The van der Waals surface area contributed by atoms with Crippen molar-refractivity contribution in [3.8, 4) is 0 Å². The van der Waals surface area contributed by atoms with Crippen LogP contribution in [0.3, 0.4) is 0 Å². The molecule has 0 aromatic rings. The van der Waals surface area contributed by atoms with Crippen LogP contribution in [0.4, 0.5) is 4.79 Å². The molecule has 0 aromatic heterocycles. The molecule has 0 saturated carbocycles. The fourth-order valence-corrected chi connectivity index (χ4v) is 2.67. The summed E-state index contributed by atoms with van der Waals surface area (Å²) in [7, 11) is 1.53. The topological polar surface area (TPSA) is 87.7 Å². The molecule has 23 heavy (non-hydrogen) atoms. The highest BCUT2D eigenvalue weighted by Crippen LogP contribution is 2.25. The molecule has 0 aromatic carbocycles. The molecule has 3 atom stereocenters. The van der Waals surface area contributed by atoms with Crippen molar-refractivity contribution in [1.29, 1.82) is 0 Å². The third-order valence-electron chi connectivity index (χ3n) is 3.95. The monoisotopic (exact) mass is 327 g/mol. The highest BCUT2D eigenvalue weighted by atomic mass is 16.6. The van der Waals surface area contributed by atoms with Gasteiger partial charge in [0.1, 0.15) is 11.6 Å². The second-order valence-electron chi connectivity index (χ2n) is 7.01. The first kappa shape index (κ1) is 19.3. The summed E-state index contributed by atoms with van der Waals surface area (Å²) in [6.45, 7) is 9.50. The Kier molecular flexibility index (Phi) is 6.41. The number of rotatable bonds is 3. The average Bonchev–Trinajstić information content (AvgIpc) is 2.44. The normalized spacial score (nSPS) is 23.0. The van der Waals surface area contributed by atoms with Crippen LogP contribution in [0.25, 0.3) is 0 Å². The summed E-state index contributed by atoms with van der Waals surface area (Å²) in [5.41, 5.74) is -0.570. The minimum Gasteiger partial charge on any atom is -0.444 e. The van der Waals surface area contributed by atoms with Crippen molar-refractivity contribution in [3.63, 3.8) is 0 Å². The van der Waals surface area contributed by atoms with Crippen molar-refractivity contribution in [2.45, 2.75) is 65.1 Å². The molecule has 0 bridgehead atoms. The van der Waals surface area contributed by atoms with Gasteiger partial charge in [0.15, 0.2) is 0 Å². The van der Waals surface area contributed by atoms with Crippen molar-refractivity contribution in [2.75, 3.05) is 13.6 Å². The van der Waals surface area contributed by atoms with Crippen molar-refractivity contribution in [1.82, 2.24) is 15.5 Å². The number of nitrogens with one attached hydrogen (secondary N) is 2. The maximum absolute atomic E-state index is 12.4. The maximum Gasteiger partial charge on any atom is 0.410 e. The Hall–Kier alpha value is -1.79. The lowest BCUT2D eigenvalue weighted by atomic mass is 9.89. The highest BCUT2D eigenvalue weighted by molar-refractivity contribution is 5.88. The molecule has 0 spiro atoms. The van der Waals surface area contributed by atoms with Crippen LogP contribution in [-0.2, 0) is 14.3 Å². The predicted octanol–water partition coefficient (Wildman–Crippen LogP) is 1.27. The van der Waals surface area contributed by atoms with Gasteiger partial charge in [-0.25, -0.2) is 4.79 Å². The van der Waals surface area contributed by atoms with E-state index in [1.54, 1.807) is 11.8 Å². The van der Waals surface area contributed by atoms with E-state index < -0.39 is 17.7 Å². The summed E-state index contributed by atoms with van der Waals surface area (Å²) in [5.74, 6) is -0.795. The number of likely N-dealkylation sites (N-methyl/N-ethyl adjacent to an activating group) is 1. The van der Waals surface area contributed by atoms with Gasteiger partial charge in [-0.3, -0.25) is 9.59 Å². The Balaban J connectivity index is 2.72. The van der Waals surface area contributed by atoms with E-state index in [0.717, 1.165) is 6.42 Å². The first-order chi connectivity index (χ1) is 10.6. The molecule has 7 heteroatoms. The van der Waals surface area contributed by atoms with Crippen LogP contribution in [0.15, 0.2) is 0 Å². The second kappa shape index (κ2) is 7.66. The molecule has 1 aliphatic heterocycles. The summed E-state index contributed by atoms with van der Waals surface area (Å²) in [6, 6.07) is -0.868. The smallest absolute Gasteiger partial charge is 0.410 e. The number of nitrogens with zero attached hydrogens (tertiary/aromatic N) is 1. The SMILES string of the molecule is CNC(=O)[C@H](C)NC(=O)[C@@H]1CCCN(C(=O)OC(C)(C)C)[C@@H]1C. The van der Waals surface area contributed by atoms with Crippen LogP contribution < -0.4 is 10.6 Å². The number of hydrogen-bond acceptors (Lipinski definition) is 4. The Morgan fingerprint density at radius 1 is 1.26 bits per heavy atom. The van der Waals surface area contributed by atoms with Gasteiger partial charge in [-0.05, 0) is 47.5 Å². The van der Waals surface area contributed by atoms with Crippen molar-refractivity contribution in [2.24, 2.45) is 5.92 Å². The zero-order chi connectivity index (χ0) is 17.8. The minimum atomic E-state index is -0.600. The summed E-state index contributed by atoms with van der Waals surface area (Å²) in [5, 5.41) is 5.21. The third kappa shape index (κ3) is 5.41. The quantitative estimate of drug-likeness (QED) is 0.817. The Labute approximate surface area is 138 Å². The zero-order valence-corrected chi connectivity index (χ0v) is 14.9. The van der Waals surface area contributed by atoms with Gasteiger partial charge in [-0.1, -0.05) is 0 Å². The lowest BCUT2D eigenvalue weighted by Gasteiger charge is -2.39. The Morgan fingerprint density at radius 3 is 2.39 bits per heavy atom. The van der Waals surface area contributed by atoms with Crippen LogP contribution >= 0.6 is 0 Å². The number of hydrogen-bond donors (Lipinski definition) is 2. The summed E-state index contributed by atoms with van der Waals surface area (Å²) in [6.07, 6.45) is 1.02. The first-order valence-corrected chi connectivity index (χ1v) is 8.08. The molecule has 3 amide bonds. The zero-order valence-electron chi connectivity index (χ0n) is 14.9. The van der Waals surface area contributed by atoms with Crippen LogP contribution in [0, 0.1) is 5.92 Å². The molecule has 1 heterocycles. The minimum absolute atomic E-state index is 0.207. The number of carbonyl (C=O) groups is 3. The van der Waals surface area contributed by atoms with Gasteiger partial charge in [0, 0.05) is 19.6 Å². The first-order valence-electron chi connectivity index (χ1n) is 8.08. The molecule has 1 aliphatic rings. The van der Waals surface area contributed by atoms with Crippen LogP contribution in [-0.4, -0.2) is 54.1 Å². The molecule has 1 rings (SSSR count). The standard InChI is InChI=1S/C16H29N3O4/c1-10(13(20)17-6)18-14(21)12-8-7-9-19(11(12)2)15(22)23-16(3,4)5/h10-12H,7-9H2,1-6H3,(H,17,20)(H,18,21)/t10-,11+,12+/m0/s1. The Morgan fingerprint density at radius 2 is 1.87 bits per heavy atom. The van der Waals surface area contributed by atoms with E-state index in [4.69, 9.17) is 4.74 Å². The number of likely N-dealkylation sites (tertiary alicyclic amines) is 1. The molecule has 1 saturated heterocycles. The van der Waals surface area contributed by atoms with Gasteiger partial charge in [-0.2, -0.15) is 0 Å². The molecular weight excluding hydrogens is 298 g/mol. The van der Waals surface area contributed by atoms with Gasteiger partial charge in [0.2, 0.25) is 11.8 Å². The Bertz CT molecular complexity index is 459. The molecule has 0 radical (unpaired) electrons. The number of ether oxygens (including phenoxy) is 1. The maximum atomic E-state index is 12.4.